The predicted octanol–water partition coefficient (Wildman–Crippen LogP) is 5.41. The Morgan fingerprint density at radius 1 is 0.913 bits per heavy atom. The number of aromatic nitrogens is 2. The predicted molar refractivity (Wildman–Crippen MR) is 97.3 cm³/mol. The maximum Gasteiger partial charge on any atom is 0.172 e. The van der Waals surface area contributed by atoms with E-state index in [0.29, 0.717) is 0 Å². The lowest BCUT2D eigenvalue weighted by molar-refractivity contribution is 1.23. The molecule has 1 N–H and O–H groups in total. The van der Waals surface area contributed by atoms with Crippen molar-refractivity contribution >= 4 is 33.7 Å². The van der Waals surface area contributed by atoms with Crippen molar-refractivity contribution < 1.29 is 0 Å². The number of aryl methyl sites for hydroxylation is 1. The number of nitrogens with one attached hydrogen (secondary N) is 1. The number of benzene rings is 2. The third-order valence-electron chi connectivity index (χ3n) is 3.63. The first-order valence-electron chi connectivity index (χ1n) is 7.44. The molecule has 0 unspecified atom stereocenters. The summed E-state index contributed by atoms with van der Waals surface area (Å²) in [4.78, 5) is 10.5. The van der Waals surface area contributed by atoms with Crippen molar-refractivity contribution in [3.63, 3.8) is 0 Å². The maximum absolute atomic E-state index is 4.76. The molecule has 112 valence electrons. The summed E-state index contributed by atoms with van der Waals surface area (Å²) in [6.45, 7) is 2.08. The molecular formula is C19H15N3S. The summed E-state index contributed by atoms with van der Waals surface area (Å²) < 4.78 is 0. The van der Waals surface area contributed by atoms with Gasteiger partial charge >= 0.3 is 0 Å². The molecule has 2 heterocycles. The first-order valence-corrected chi connectivity index (χ1v) is 8.32. The molecule has 0 aliphatic rings. The largest absolute Gasteiger partial charge is 0.340 e. The smallest absolute Gasteiger partial charge is 0.172 e. The number of rotatable bonds is 3. The monoisotopic (exact) mass is 317 g/mol. The number of anilines is 2. The fourth-order valence-electron chi connectivity index (χ4n) is 2.55. The lowest BCUT2D eigenvalue weighted by Gasteiger charge is -2.11. The van der Waals surface area contributed by atoms with E-state index in [1.54, 1.807) is 11.3 Å². The summed E-state index contributed by atoms with van der Waals surface area (Å²) in [5.41, 5.74) is 3.19. The van der Waals surface area contributed by atoms with Crippen LogP contribution >= 0.6 is 11.3 Å². The Balaban J connectivity index is 1.86. The van der Waals surface area contributed by atoms with Crippen LogP contribution in [0.5, 0.6) is 0 Å². The van der Waals surface area contributed by atoms with E-state index in [2.05, 4.69) is 30.4 Å². The van der Waals surface area contributed by atoms with Gasteiger partial charge in [-0.05, 0) is 48.2 Å². The van der Waals surface area contributed by atoms with Gasteiger partial charge in [-0.3, -0.25) is 0 Å². The van der Waals surface area contributed by atoms with Crippen molar-refractivity contribution in [1.82, 2.24) is 9.97 Å². The van der Waals surface area contributed by atoms with E-state index in [9.17, 15) is 0 Å². The van der Waals surface area contributed by atoms with Crippen LogP contribution in [0.4, 0.5) is 11.5 Å². The van der Waals surface area contributed by atoms with E-state index in [1.165, 1.54) is 5.56 Å². The maximum atomic E-state index is 4.76. The minimum atomic E-state index is 0.758. The first kappa shape index (κ1) is 13.9. The Kier molecular flexibility index (Phi) is 3.52. The zero-order valence-electron chi connectivity index (χ0n) is 12.7. The van der Waals surface area contributed by atoms with Gasteiger partial charge in [0.1, 0.15) is 5.82 Å². The topological polar surface area (TPSA) is 37.8 Å². The van der Waals surface area contributed by atoms with Crippen molar-refractivity contribution in [3.8, 4) is 10.7 Å². The second-order valence-electron chi connectivity index (χ2n) is 5.38. The van der Waals surface area contributed by atoms with Crippen molar-refractivity contribution in [2.24, 2.45) is 0 Å². The summed E-state index contributed by atoms with van der Waals surface area (Å²) in [6.07, 6.45) is 0. The molecular weight excluding hydrogens is 302 g/mol. The third kappa shape index (κ3) is 2.81. The van der Waals surface area contributed by atoms with Crippen LogP contribution in [0.2, 0.25) is 0 Å². The van der Waals surface area contributed by atoms with Crippen molar-refractivity contribution in [3.05, 3.63) is 71.6 Å². The van der Waals surface area contributed by atoms with Gasteiger partial charge in [-0.1, -0.05) is 30.3 Å². The first-order chi connectivity index (χ1) is 11.3. The van der Waals surface area contributed by atoms with Gasteiger partial charge in [-0.2, -0.15) is 0 Å². The molecule has 0 atom stereocenters. The van der Waals surface area contributed by atoms with Crippen LogP contribution in [-0.4, -0.2) is 9.97 Å². The number of para-hydroxylation sites is 1. The molecule has 2 aromatic heterocycles. The number of nitrogens with zero attached hydrogens (tertiary/aromatic N) is 2. The highest BCUT2D eigenvalue weighted by atomic mass is 32.1. The van der Waals surface area contributed by atoms with Gasteiger partial charge in [-0.15, -0.1) is 11.3 Å². The number of fused-ring (bicyclic) bond motifs is 1. The second-order valence-corrected chi connectivity index (χ2v) is 6.33. The molecule has 0 amide bonds. The SMILES string of the molecule is Cc1cccc(Nc2nc(-c3cccs3)nc3ccccc23)c1. The van der Waals surface area contributed by atoms with Crippen LogP contribution in [0.15, 0.2) is 66.0 Å². The summed E-state index contributed by atoms with van der Waals surface area (Å²) in [5, 5.41) is 6.51. The fourth-order valence-corrected chi connectivity index (χ4v) is 3.20. The zero-order chi connectivity index (χ0) is 15.6. The second kappa shape index (κ2) is 5.82. The van der Waals surface area contributed by atoms with Gasteiger partial charge in [0, 0.05) is 11.1 Å². The Labute approximate surface area is 138 Å². The highest BCUT2D eigenvalue weighted by Gasteiger charge is 2.10. The van der Waals surface area contributed by atoms with Crippen LogP contribution in [0, 0.1) is 6.92 Å². The van der Waals surface area contributed by atoms with Crippen LogP contribution in [0.1, 0.15) is 5.56 Å². The third-order valence-corrected chi connectivity index (χ3v) is 4.49. The molecule has 4 rings (SSSR count). The van der Waals surface area contributed by atoms with Crippen LogP contribution in [-0.2, 0) is 0 Å². The lowest BCUT2D eigenvalue weighted by atomic mass is 10.2. The van der Waals surface area contributed by atoms with Crippen molar-refractivity contribution in [2.45, 2.75) is 6.92 Å². The Morgan fingerprint density at radius 3 is 2.65 bits per heavy atom. The highest BCUT2D eigenvalue weighted by Crippen LogP contribution is 2.29. The van der Waals surface area contributed by atoms with Crippen LogP contribution < -0.4 is 5.32 Å². The van der Waals surface area contributed by atoms with Crippen LogP contribution in [0.3, 0.4) is 0 Å². The molecule has 0 spiro atoms. The Morgan fingerprint density at radius 2 is 1.83 bits per heavy atom. The molecule has 0 saturated heterocycles. The summed E-state index contributed by atoms with van der Waals surface area (Å²) in [7, 11) is 0. The molecule has 4 heteroatoms. The summed E-state index contributed by atoms with van der Waals surface area (Å²) in [6, 6.07) is 20.4. The molecule has 2 aromatic carbocycles. The minimum Gasteiger partial charge on any atom is -0.340 e. The van der Waals surface area contributed by atoms with Gasteiger partial charge in [0.2, 0.25) is 0 Å². The molecule has 0 saturated carbocycles. The molecule has 0 aliphatic carbocycles. The van der Waals surface area contributed by atoms with Gasteiger partial charge in [0.15, 0.2) is 5.82 Å². The van der Waals surface area contributed by atoms with Gasteiger partial charge in [-0.25, -0.2) is 9.97 Å². The number of hydrogen-bond donors (Lipinski definition) is 1. The van der Waals surface area contributed by atoms with Gasteiger partial charge in [0.05, 0.1) is 10.4 Å². The molecule has 0 fully saturated rings. The summed E-state index contributed by atoms with van der Waals surface area (Å²) >= 11 is 1.65. The van der Waals surface area contributed by atoms with E-state index in [4.69, 9.17) is 9.97 Å². The average Bonchev–Trinajstić information content (AvgIpc) is 3.09. The molecule has 0 aliphatic heterocycles. The van der Waals surface area contributed by atoms with Gasteiger partial charge < -0.3 is 5.32 Å². The van der Waals surface area contributed by atoms with Crippen molar-refractivity contribution in [1.29, 1.82) is 0 Å². The normalized spacial score (nSPS) is 10.8. The van der Waals surface area contributed by atoms with E-state index in [1.807, 2.05) is 47.8 Å². The molecule has 0 radical (unpaired) electrons. The fraction of sp³-hybridized carbons (Fsp3) is 0.0526. The molecule has 4 aromatic rings. The quantitative estimate of drug-likeness (QED) is 0.549. The molecule has 23 heavy (non-hydrogen) atoms. The number of hydrogen-bond acceptors (Lipinski definition) is 4. The summed E-state index contributed by atoms with van der Waals surface area (Å²) in [5.74, 6) is 1.60. The standard InChI is InChI=1S/C19H15N3S/c1-13-6-4-7-14(12-13)20-18-15-8-2-3-9-16(15)21-19(22-18)17-10-5-11-23-17/h2-12H,1H3,(H,20,21,22). The lowest BCUT2D eigenvalue weighted by Crippen LogP contribution is -1.98. The highest BCUT2D eigenvalue weighted by molar-refractivity contribution is 7.13. The molecule has 0 bridgehead atoms. The van der Waals surface area contributed by atoms with E-state index in [-0.39, 0.29) is 0 Å². The van der Waals surface area contributed by atoms with E-state index < -0.39 is 0 Å². The Bertz CT molecular complexity index is 961. The van der Waals surface area contributed by atoms with Crippen LogP contribution in [0.25, 0.3) is 21.6 Å². The zero-order valence-corrected chi connectivity index (χ0v) is 13.5. The Hall–Kier alpha value is -2.72. The van der Waals surface area contributed by atoms with Crippen molar-refractivity contribution in [2.75, 3.05) is 5.32 Å². The van der Waals surface area contributed by atoms with E-state index >= 15 is 0 Å². The average molecular weight is 317 g/mol. The minimum absolute atomic E-state index is 0.758. The van der Waals surface area contributed by atoms with E-state index in [0.717, 1.165) is 33.1 Å². The number of thiophene rings is 1. The molecule has 3 nitrogen and oxygen atoms in total. The van der Waals surface area contributed by atoms with Gasteiger partial charge in [0.25, 0.3) is 0 Å².